The first kappa shape index (κ1) is 22.1. The minimum atomic E-state index is -1.23. The molecule has 0 fully saturated rings. The van der Waals surface area contributed by atoms with E-state index in [2.05, 4.69) is 0 Å². The van der Waals surface area contributed by atoms with Crippen molar-refractivity contribution in [2.45, 2.75) is 26.4 Å². The zero-order valence-corrected chi connectivity index (χ0v) is 15.0. The summed E-state index contributed by atoms with van der Waals surface area (Å²) in [6, 6.07) is 0. The minimum Gasteiger partial charge on any atom is -0.480 e. The van der Waals surface area contributed by atoms with E-state index in [9.17, 15) is 14.4 Å². The first-order valence-corrected chi connectivity index (χ1v) is 7.56. The maximum atomic E-state index is 12.4. The Kier molecular flexibility index (Phi) is 9.98. The van der Waals surface area contributed by atoms with Crippen molar-refractivity contribution in [2.24, 2.45) is 0 Å². The summed E-state index contributed by atoms with van der Waals surface area (Å²) in [5.74, 6) is -1.63. The molecule has 0 aromatic heterocycles. The number of methoxy groups -OCH3 is 2. The predicted molar refractivity (Wildman–Crippen MR) is 85.8 cm³/mol. The molecule has 0 aliphatic heterocycles. The number of nitrogens with zero attached hydrogens (tertiary/aromatic N) is 2. The van der Waals surface area contributed by atoms with Gasteiger partial charge >= 0.3 is 12.1 Å². The van der Waals surface area contributed by atoms with Gasteiger partial charge in [0.25, 0.3) is 0 Å². The van der Waals surface area contributed by atoms with Crippen molar-refractivity contribution in [3.05, 3.63) is 0 Å². The third kappa shape index (κ3) is 10.0. The number of rotatable bonds is 10. The van der Waals surface area contributed by atoms with E-state index in [0.29, 0.717) is 26.3 Å². The fraction of sp³-hybridized carbons (Fsp3) is 0.800. The number of carboxylic acid groups (broad SMARTS) is 1. The van der Waals surface area contributed by atoms with Crippen molar-refractivity contribution < 1.29 is 33.7 Å². The molecule has 1 N–H and O–H groups in total. The Morgan fingerprint density at radius 3 is 1.79 bits per heavy atom. The molecule has 0 bridgehead atoms. The van der Waals surface area contributed by atoms with E-state index in [1.54, 1.807) is 20.8 Å². The van der Waals surface area contributed by atoms with Crippen molar-refractivity contribution >= 4 is 18.0 Å². The molecule has 0 atom stereocenters. The van der Waals surface area contributed by atoms with Crippen LogP contribution in [0.25, 0.3) is 0 Å². The summed E-state index contributed by atoms with van der Waals surface area (Å²) in [5.41, 5.74) is -0.789. The lowest BCUT2D eigenvalue weighted by Gasteiger charge is -2.28. The molecule has 0 saturated carbocycles. The highest BCUT2D eigenvalue weighted by atomic mass is 16.6. The second-order valence-electron chi connectivity index (χ2n) is 6.10. The highest BCUT2D eigenvalue weighted by Gasteiger charge is 2.27. The van der Waals surface area contributed by atoms with Crippen LogP contribution in [0.4, 0.5) is 4.79 Å². The SMILES string of the molecule is COCCN(CCOC)C(=O)CN(CC(=O)O)C(=O)OC(C)(C)C. The second kappa shape index (κ2) is 10.8. The molecule has 24 heavy (non-hydrogen) atoms. The Bertz CT molecular complexity index is 413. The first-order valence-electron chi connectivity index (χ1n) is 7.56. The van der Waals surface area contributed by atoms with Crippen molar-refractivity contribution in [3.8, 4) is 0 Å². The van der Waals surface area contributed by atoms with Crippen molar-refractivity contribution in [1.82, 2.24) is 9.80 Å². The van der Waals surface area contributed by atoms with Gasteiger partial charge in [0.05, 0.1) is 13.2 Å². The number of hydrogen-bond acceptors (Lipinski definition) is 6. The standard InChI is InChI=1S/C15H28N2O7/c1-15(2,3)24-14(21)17(11-13(19)20)10-12(18)16(6-8-22-4)7-9-23-5/h6-11H2,1-5H3,(H,19,20). The van der Waals surface area contributed by atoms with E-state index in [1.165, 1.54) is 19.1 Å². The lowest BCUT2D eigenvalue weighted by molar-refractivity contribution is -0.140. The second-order valence-corrected chi connectivity index (χ2v) is 6.10. The molecule has 2 amide bonds. The van der Waals surface area contributed by atoms with Crippen LogP contribution in [0.1, 0.15) is 20.8 Å². The smallest absolute Gasteiger partial charge is 0.411 e. The summed E-state index contributed by atoms with van der Waals surface area (Å²) in [5, 5.41) is 8.95. The molecule has 0 saturated heterocycles. The topological polar surface area (TPSA) is 106 Å². The van der Waals surface area contributed by atoms with E-state index in [4.69, 9.17) is 19.3 Å². The van der Waals surface area contributed by atoms with Crippen LogP contribution in [-0.4, -0.2) is 92.1 Å². The van der Waals surface area contributed by atoms with Gasteiger partial charge in [0.2, 0.25) is 5.91 Å². The van der Waals surface area contributed by atoms with E-state index in [1.807, 2.05) is 0 Å². The van der Waals surface area contributed by atoms with Crippen LogP contribution in [0, 0.1) is 0 Å². The number of hydrogen-bond donors (Lipinski definition) is 1. The van der Waals surface area contributed by atoms with Crippen LogP contribution in [-0.2, 0) is 23.8 Å². The highest BCUT2D eigenvalue weighted by molar-refractivity contribution is 5.85. The molecule has 0 rings (SSSR count). The zero-order valence-electron chi connectivity index (χ0n) is 15.0. The molecule has 9 heteroatoms. The van der Waals surface area contributed by atoms with Gasteiger partial charge in [-0.05, 0) is 20.8 Å². The lowest BCUT2D eigenvalue weighted by atomic mass is 10.2. The van der Waals surface area contributed by atoms with E-state index >= 15 is 0 Å². The van der Waals surface area contributed by atoms with Gasteiger partial charge in [-0.2, -0.15) is 0 Å². The van der Waals surface area contributed by atoms with Crippen LogP contribution in [0.3, 0.4) is 0 Å². The monoisotopic (exact) mass is 348 g/mol. The van der Waals surface area contributed by atoms with E-state index in [-0.39, 0.29) is 0 Å². The Morgan fingerprint density at radius 1 is 0.917 bits per heavy atom. The maximum Gasteiger partial charge on any atom is 0.411 e. The molecule has 0 radical (unpaired) electrons. The summed E-state index contributed by atoms with van der Waals surface area (Å²) in [7, 11) is 3.02. The number of carbonyl (C=O) groups excluding carboxylic acids is 2. The van der Waals surface area contributed by atoms with Crippen LogP contribution in [0.5, 0.6) is 0 Å². The molecule has 140 valence electrons. The quantitative estimate of drug-likeness (QED) is 0.610. The number of ether oxygens (including phenoxy) is 3. The van der Waals surface area contributed by atoms with E-state index < -0.39 is 36.7 Å². The van der Waals surface area contributed by atoms with Crippen LogP contribution < -0.4 is 0 Å². The van der Waals surface area contributed by atoms with Gasteiger partial charge < -0.3 is 24.2 Å². The Labute approximate surface area is 142 Å². The summed E-state index contributed by atoms with van der Waals surface area (Å²) in [6.07, 6.45) is -0.850. The summed E-state index contributed by atoms with van der Waals surface area (Å²) in [4.78, 5) is 37.8. The molecule has 0 aromatic carbocycles. The molecular formula is C15H28N2O7. The predicted octanol–water partition coefficient (Wildman–Crippen LogP) is 0.430. The maximum absolute atomic E-state index is 12.4. The van der Waals surface area contributed by atoms with Gasteiger partial charge in [0.15, 0.2) is 0 Å². The van der Waals surface area contributed by atoms with Gasteiger partial charge in [-0.15, -0.1) is 0 Å². The molecule has 0 aliphatic rings. The van der Waals surface area contributed by atoms with Crippen molar-refractivity contribution in [2.75, 3.05) is 53.6 Å². The summed E-state index contributed by atoms with van der Waals surface area (Å²) in [6.45, 7) is 5.24. The molecule has 0 unspecified atom stereocenters. The zero-order chi connectivity index (χ0) is 18.8. The van der Waals surface area contributed by atoms with Gasteiger partial charge in [-0.3, -0.25) is 14.5 Å². The van der Waals surface area contributed by atoms with Crippen LogP contribution in [0.2, 0.25) is 0 Å². The van der Waals surface area contributed by atoms with Gasteiger partial charge in [0.1, 0.15) is 18.7 Å². The highest BCUT2D eigenvalue weighted by Crippen LogP contribution is 2.10. The Morgan fingerprint density at radius 2 is 1.42 bits per heavy atom. The summed E-state index contributed by atoms with van der Waals surface area (Å²) >= 11 is 0. The molecule has 0 aromatic rings. The van der Waals surface area contributed by atoms with Crippen molar-refractivity contribution in [3.63, 3.8) is 0 Å². The third-order valence-electron chi connectivity index (χ3n) is 2.79. The molecule has 0 spiro atoms. The minimum absolute atomic E-state index is 0.313. The Hall–Kier alpha value is -1.87. The molecule has 0 heterocycles. The lowest BCUT2D eigenvalue weighted by Crippen LogP contribution is -2.47. The van der Waals surface area contributed by atoms with Gasteiger partial charge in [0, 0.05) is 27.3 Å². The van der Waals surface area contributed by atoms with E-state index in [0.717, 1.165) is 4.90 Å². The number of carbonyl (C=O) groups is 3. The van der Waals surface area contributed by atoms with Gasteiger partial charge in [-0.25, -0.2) is 4.79 Å². The largest absolute Gasteiger partial charge is 0.480 e. The first-order chi connectivity index (χ1) is 11.1. The molecular weight excluding hydrogens is 320 g/mol. The molecule has 0 aliphatic carbocycles. The van der Waals surface area contributed by atoms with Crippen LogP contribution >= 0.6 is 0 Å². The average molecular weight is 348 g/mol. The normalized spacial score (nSPS) is 11.0. The third-order valence-corrected chi connectivity index (χ3v) is 2.79. The summed E-state index contributed by atoms with van der Waals surface area (Å²) < 4.78 is 15.0. The number of aliphatic carboxylic acids is 1. The fourth-order valence-corrected chi connectivity index (χ4v) is 1.70. The molecule has 9 nitrogen and oxygen atoms in total. The number of amides is 2. The number of carboxylic acids is 1. The fourth-order valence-electron chi connectivity index (χ4n) is 1.70. The average Bonchev–Trinajstić information content (AvgIpc) is 2.44. The van der Waals surface area contributed by atoms with Crippen LogP contribution in [0.15, 0.2) is 0 Å². The van der Waals surface area contributed by atoms with Gasteiger partial charge in [-0.1, -0.05) is 0 Å². The Balaban J connectivity index is 4.97. The van der Waals surface area contributed by atoms with Crippen molar-refractivity contribution in [1.29, 1.82) is 0 Å².